The Kier molecular flexibility index (Phi) is 5.49. The van der Waals surface area contributed by atoms with Gasteiger partial charge in [-0.2, -0.15) is 0 Å². The first-order valence-electron chi connectivity index (χ1n) is 9.90. The fourth-order valence-corrected chi connectivity index (χ4v) is 6.03. The molecule has 1 aliphatic carbocycles. The standard InChI is InChI=1S/C23H25NO3S2/c1-12(2)27-23(26)20-14(4)24-16-10-15(18-6-5-9-28-18)11-17(25)21(16)22(20)19-8-7-13(3)29-19/h5-9,12,15,22,24H,10-11H2,1-4H3/t15-,22-/m1/s1. The van der Waals surface area contributed by atoms with Crippen molar-refractivity contribution in [2.24, 2.45) is 0 Å². The fraction of sp³-hybridized carbons (Fsp3) is 0.391. The Morgan fingerprint density at radius 3 is 2.59 bits per heavy atom. The number of dihydropyridines is 1. The van der Waals surface area contributed by atoms with Gasteiger partial charge in [0.2, 0.25) is 0 Å². The molecule has 0 amide bonds. The van der Waals surface area contributed by atoms with Gasteiger partial charge in [-0.05, 0) is 57.7 Å². The first-order valence-corrected chi connectivity index (χ1v) is 11.6. The lowest BCUT2D eigenvalue weighted by Crippen LogP contribution is -2.36. The molecule has 152 valence electrons. The maximum Gasteiger partial charge on any atom is 0.337 e. The monoisotopic (exact) mass is 427 g/mol. The van der Waals surface area contributed by atoms with Gasteiger partial charge in [-0.25, -0.2) is 4.79 Å². The predicted octanol–water partition coefficient (Wildman–Crippen LogP) is 5.43. The number of allylic oxidation sites excluding steroid dienone is 3. The van der Waals surface area contributed by atoms with Crippen molar-refractivity contribution in [1.82, 2.24) is 5.32 Å². The van der Waals surface area contributed by atoms with Crippen LogP contribution in [0.2, 0.25) is 0 Å². The molecule has 4 rings (SSSR count). The van der Waals surface area contributed by atoms with Crippen molar-refractivity contribution >= 4 is 34.4 Å². The quantitative estimate of drug-likeness (QED) is 0.661. The van der Waals surface area contributed by atoms with E-state index in [9.17, 15) is 9.59 Å². The molecule has 0 spiro atoms. The molecule has 2 atom stereocenters. The molecule has 2 aliphatic rings. The maximum atomic E-state index is 13.4. The van der Waals surface area contributed by atoms with Crippen molar-refractivity contribution in [2.45, 2.75) is 58.5 Å². The smallest absolute Gasteiger partial charge is 0.337 e. The lowest BCUT2D eigenvalue weighted by Gasteiger charge is -2.36. The number of ketones is 1. The number of aryl methyl sites for hydroxylation is 1. The van der Waals surface area contributed by atoms with Gasteiger partial charge in [0.25, 0.3) is 0 Å². The third-order valence-electron chi connectivity index (χ3n) is 5.38. The van der Waals surface area contributed by atoms with Crippen LogP contribution < -0.4 is 5.32 Å². The Labute approximate surface area is 179 Å². The number of hydrogen-bond donors (Lipinski definition) is 1. The zero-order valence-corrected chi connectivity index (χ0v) is 18.7. The molecule has 6 heteroatoms. The van der Waals surface area contributed by atoms with Gasteiger partial charge >= 0.3 is 5.97 Å². The van der Waals surface area contributed by atoms with E-state index in [4.69, 9.17) is 4.74 Å². The molecule has 2 aromatic heterocycles. The van der Waals surface area contributed by atoms with Crippen molar-refractivity contribution in [2.75, 3.05) is 0 Å². The van der Waals surface area contributed by atoms with E-state index in [1.807, 2.05) is 45.9 Å². The topological polar surface area (TPSA) is 55.4 Å². The summed E-state index contributed by atoms with van der Waals surface area (Å²) in [5.41, 5.74) is 3.03. The largest absolute Gasteiger partial charge is 0.460 e. The fourth-order valence-electron chi connectivity index (χ4n) is 4.21. The summed E-state index contributed by atoms with van der Waals surface area (Å²) in [4.78, 5) is 29.8. The third kappa shape index (κ3) is 3.83. The van der Waals surface area contributed by atoms with E-state index in [0.29, 0.717) is 12.0 Å². The van der Waals surface area contributed by atoms with Gasteiger partial charge in [0, 0.05) is 43.9 Å². The molecule has 0 saturated heterocycles. The van der Waals surface area contributed by atoms with E-state index >= 15 is 0 Å². The van der Waals surface area contributed by atoms with Gasteiger partial charge in [-0.1, -0.05) is 6.07 Å². The van der Waals surface area contributed by atoms with Gasteiger partial charge in [0.15, 0.2) is 5.78 Å². The highest BCUT2D eigenvalue weighted by molar-refractivity contribution is 7.12. The summed E-state index contributed by atoms with van der Waals surface area (Å²) < 4.78 is 5.55. The van der Waals surface area contributed by atoms with E-state index in [0.717, 1.165) is 33.1 Å². The number of ether oxygens (including phenoxy) is 1. The van der Waals surface area contributed by atoms with Crippen LogP contribution in [-0.4, -0.2) is 17.9 Å². The van der Waals surface area contributed by atoms with Gasteiger partial charge in [0.1, 0.15) is 0 Å². The molecule has 29 heavy (non-hydrogen) atoms. The summed E-state index contributed by atoms with van der Waals surface area (Å²) in [6, 6.07) is 8.22. The zero-order chi connectivity index (χ0) is 20.7. The molecular formula is C23H25NO3S2. The van der Waals surface area contributed by atoms with Crippen molar-refractivity contribution < 1.29 is 14.3 Å². The number of carbonyl (C=O) groups is 2. The summed E-state index contributed by atoms with van der Waals surface area (Å²) in [6.07, 6.45) is 1.05. The number of Topliss-reactive ketones (excluding diaryl/α,β-unsaturated/α-hetero) is 1. The van der Waals surface area contributed by atoms with Gasteiger partial charge in [-0.3, -0.25) is 4.79 Å². The van der Waals surface area contributed by atoms with E-state index in [1.54, 1.807) is 22.7 Å². The lowest BCUT2D eigenvalue weighted by molar-refractivity contribution is -0.143. The number of esters is 1. The van der Waals surface area contributed by atoms with Crippen LogP contribution in [0.5, 0.6) is 0 Å². The molecule has 0 bridgehead atoms. The normalized spacial score (nSPS) is 22.0. The second kappa shape index (κ2) is 7.92. The predicted molar refractivity (Wildman–Crippen MR) is 117 cm³/mol. The van der Waals surface area contributed by atoms with E-state index in [2.05, 4.69) is 16.8 Å². The number of nitrogens with one attached hydrogen (secondary N) is 1. The highest BCUT2D eigenvalue weighted by Crippen LogP contribution is 2.47. The Balaban J connectivity index is 1.79. The zero-order valence-electron chi connectivity index (χ0n) is 17.1. The second-order valence-electron chi connectivity index (χ2n) is 7.94. The summed E-state index contributed by atoms with van der Waals surface area (Å²) in [6.45, 7) is 7.64. The number of rotatable bonds is 4. The highest BCUT2D eigenvalue weighted by atomic mass is 32.1. The minimum Gasteiger partial charge on any atom is -0.460 e. The van der Waals surface area contributed by atoms with Gasteiger partial charge in [-0.15, -0.1) is 22.7 Å². The van der Waals surface area contributed by atoms with Crippen molar-refractivity contribution in [3.05, 3.63) is 66.8 Å². The van der Waals surface area contributed by atoms with Gasteiger partial charge < -0.3 is 10.1 Å². The van der Waals surface area contributed by atoms with Crippen LogP contribution in [0.25, 0.3) is 0 Å². The molecule has 2 aromatic rings. The first-order chi connectivity index (χ1) is 13.8. The Morgan fingerprint density at radius 1 is 1.17 bits per heavy atom. The molecular weight excluding hydrogens is 402 g/mol. The molecule has 1 aliphatic heterocycles. The van der Waals surface area contributed by atoms with E-state index in [1.165, 1.54) is 4.88 Å². The van der Waals surface area contributed by atoms with Gasteiger partial charge in [0.05, 0.1) is 17.6 Å². The van der Waals surface area contributed by atoms with Crippen LogP contribution in [0.4, 0.5) is 0 Å². The minimum absolute atomic E-state index is 0.121. The summed E-state index contributed by atoms with van der Waals surface area (Å²) in [5, 5.41) is 5.45. The second-order valence-corrected chi connectivity index (χ2v) is 10.2. The van der Waals surface area contributed by atoms with Crippen LogP contribution in [-0.2, 0) is 14.3 Å². The highest BCUT2D eigenvalue weighted by Gasteiger charge is 2.42. The van der Waals surface area contributed by atoms with Crippen molar-refractivity contribution in [3.8, 4) is 0 Å². The van der Waals surface area contributed by atoms with E-state index in [-0.39, 0.29) is 29.7 Å². The summed E-state index contributed by atoms with van der Waals surface area (Å²) >= 11 is 3.34. The van der Waals surface area contributed by atoms with Crippen molar-refractivity contribution in [3.63, 3.8) is 0 Å². The molecule has 0 radical (unpaired) electrons. The summed E-state index contributed by atoms with van der Waals surface area (Å²) in [5.74, 6) is -0.388. The number of thiophene rings is 2. The summed E-state index contributed by atoms with van der Waals surface area (Å²) in [7, 11) is 0. The molecule has 3 heterocycles. The average Bonchev–Trinajstić information content (AvgIpc) is 3.31. The first kappa shape index (κ1) is 20.1. The molecule has 1 N–H and O–H groups in total. The minimum atomic E-state index is -0.354. The van der Waals surface area contributed by atoms with Crippen LogP contribution in [0.1, 0.15) is 60.1 Å². The Morgan fingerprint density at radius 2 is 1.97 bits per heavy atom. The Bertz CT molecular complexity index is 1010. The molecule has 0 unspecified atom stereocenters. The number of hydrogen-bond acceptors (Lipinski definition) is 6. The molecule has 0 aromatic carbocycles. The average molecular weight is 428 g/mol. The van der Waals surface area contributed by atoms with E-state index < -0.39 is 0 Å². The Hall–Kier alpha value is -2.18. The molecule has 0 fully saturated rings. The van der Waals surface area contributed by atoms with Crippen molar-refractivity contribution in [1.29, 1.82) is 0 Å². The number of carbonyl (C=O) groups excluding carboxylic acids is 2. The molecule has 4 nitrogen and oxygen atoms in total. The third-order valence-corrected chi connectivity index (χ3v) is 7.48. The van der Waals surface area contributed by atoms with Crippen LogP contribution in [0, 0.1) is 6.92 Å². The molecule has 0 saturated carbocycles. The van der Waals surface area contributed by atoms with Crippen LogP contribution in [0.15, 0.2) is 52.2 Å². The van der Waals surface area contributed by atoms with Crippen LogP contribution >= 0.6 is 22.7 Å². The lowest BCUT2D eigenvalue weighted by atomic mass is 9.74. The van der Waals surface area contributed by atoms with Crippen LogP contribution in [0.3, 0.4) is 0 Å². The SMILES string of the molecule is CC1=C(C(=O)OC(C)C)[C@@H](c2ccc(C)s2)C2=C(C[C@@H](c3cccs3)CC2=O)N1. The maximum absolute atomic E-state index is 13.4.